The number of ether oxygens (including phenoxy) is 1. The molecule has 0 heterocycles. The Kier molecular flexibility index (Phi) is 3.59. The van der Waals surface area contributed by atoms with Crippen LogP contribution in [-0.2, 0) is 0 Å². The molecule has 2 saturated carbocycles. The summed E-state index contributed by atoms with van der Waals surface area (Å²) < 4.78 is 7.44. The highest BCUT2D eigenvalue weighted by molar-refractivity contribution is 9.11. The summed E-state index contributed by atoms with van der Waals surface area (Å²) in [6, 6.07) is 4.76. The van der Waals surface area contributed by atoms with E-state index in [1.807, 2.05) is 6.07 Å². The molecule has 1 aromatic carbocycles. The van der Waals surface area contributed by atoms with Crippen molar-refractivity contribution in [2.24, 2.45) is 11.8 Å². The monoisotopic (exact) mass is 373 g/mol. The molecule has 0 saturated heterocycles. The molecule has 1 N–H and O–H groups in total. The van der Waals surface area contributed by atoms with E-state index in [4.69, 9.17) is 4.74 Å². The van der Waals surface area contributed by atoms with E-state index in [9.17, 15) is 0 Å². The second kappa shape index (κ2) is 5.04. The molecular formula is C14H17Br2NO. The van der Waals surface area contributed by atoms with Gasteiger partial charge in [0.1, 0.15) is 5.75 Å². The molecule has 2 aliphatic rings. The third-order valence-electron chi connectivity index (χ3n) is 4.32. The first-order valence-corrected chi connectivity index (χ1v) is 8.05. The van der Waals surface area contributed by atoms with Crippen LogP contribution in [0, 0.1) is 11.8 Å². The van der Waals surface area contributed by atoms with Crippen LogP contribution >= 0.6 is 31.9 Å². The van der Waals surface area contributed by atoms with E-state index in [1.54, 1.807) is 7.11 Å². The third kappa shape index (κ3) is 2.29. The maximum Gasteiger partial charge on any atom is 0.135 e. The highest BCUT2D eigenvalue weighted by atomic mass is 79.9. The van der Waals surface area contributed by atoms with Gasteiger partial charge in [0.2, 0.25) is 0 Å². The Labute approximate surface area is 125 Å². The molecular weight excluding hydrogens is 358 g/mol. The van der Waals surface area contributed by atoms with E-state index in [2.05, 4.69) is 43.2 Å². The van der Waals surface area contributed by atoms with Gasteiger partial charge < -0.3 is 10.1 Å². The van der Waals surface area contributed by atoms with E-state index >= 15 is 0 Å². The van der Waals surface area contributed by atoms with Crippen LogP contribution in [-0.4, -0.2) is 13.2 Å². The molecule has 0 spiro atoms. The standard InChI is InChI=1S/C14H17Br2NO/c1-18-14-7-13(10(15)6-11(14)16)17-12-5-8-2-3-9(12)4-8/h6-9,12,17H,2-5H2,1H3. The van der Waals surface area contributed by atoms with Crippen LogP contribution in [0.3, 0.4) is 0 Å². The zero-order valence-electron chi connectivity index (χ0n) is 10.4. The summed E-state index contributed by atoms with van der Waals surface area (Å²) in [5, 5.41) is 3.69. The highest BCUT2D eigenvalue weighted by Crippen LogP contribution is 2.46. The van der Waals surface area contributed by atoms with E-state index in [-0.39, 0.29) is 0 Å². The van der Waals surface area contributed by atoms with Gasteiger partial charge in [-0.05, 0) is 69.0 Å². The van der Waals surface area contributed by atoms with Gasteiger partial charge in [0, 0.05) is 16.6 Å². The van der Waals surface area contributed by atoms with Gasteiger partial charge in [-0.25, -0.2) is 0 Å². The molecule has 2 bridgehead atoms. The predicted molar refractivity (Wildman–Crippen MR) is 81.3 cm³/mol. The summed E-state index contributed by atoms with van der Waals surface area (Å²) in [4.78, 5) is 0. The first kappa shape index (κ1) is 12.8. The summed E-state index contributed by atoms with van der Waals surface area (Å²) in [6.07, 6.45) is 5.58. The van der Waals surface area contributed by atoms with Gasteiger partial charge in [-0.3, -0.25) is 0 Å². The van der Waals surface area contributed by atoms with Gasteiger partial charge >= 0.3 is 0 Å². The molecule has 0 radical (unpaired) electrons. The Morgan fingerprint density at radius 2 is 2.00 bits per heavy atom. The fourth-order valence-electron chi connectivity index (χ4n) is 3.42. The molecule has 3 atom stereocenters. The first-order valence-electron chi connectivity index (χ1n) is 6.47. The third-order valence-corrected chi connectivity index (χ3v) is 5.60. The number of methoxy groups -OCH3 is 1. The Morgan fingerprint density at radius 3 is 2.61 bits per heavy atom. The summed E-state index contributed by atoms with van der Waals surface area (Å²) in [7, 11) is 1.70. The SMILES string of the molecule is COc1cc(NC2CC3CCC2C3)c(Br)cc1Br. The zero-order valence-corrected chi connectivity index (χ0v) is 13.6. The predicted octanol–water partition coefficient (Wildman–Crippen LogP) is 4.82. The molecule has 2 aliphatic carbocycles. The van der Waals surface area contributed by atoms with Gasteiger partial charge in [0.15, 0.2) is 0 Å². The summed E-state index contributed by atoms with van der Waals surface area (Å²) in [5.74, 6) is 2.71. The Morgan fingerprint density at radius 1 is 1.17 bits per heavy atom. The number of hydrogen-bond acceptors (Lipinski definition) is 2. The van der Waals surface area contributed by atoms with Crippen molar-refractivity contribution in [3.63, 3.8) is 0 Å². The molecule has 3 rings (SSSR count). The van der Waals surface area contributed by atoms with E-state index in [1.165, 1.54) is 25.7 Å². The number of hydrogen-bond donors (Lipinski definition) is 1. The smallest absolute Gasteiger partial charge is 0.135 e. The second-order valence-corrected chi connectivity index (χ2v) is 7.10. The molecule has 0 aliphatic heterocycles. The van der Waals surface area contributed by atoms with Crippen molar-refractivity contribution in [3.05, 3.63) is 21.1 Å². The van der Waals surface area contributed by atoms with Crippen molar-refractivity contribution in [2.75, 3.05) is 12.4 Å². The van der Waals surface area contributed by atoms with Crippen molar-refractivity contribution >= 4 is 37.5 Å². The lowest BCUT2D eigenvalue weighted by molar-refractivity contribution is 0.411. The van der Waals surface area contributed by atoms with Crippen LogP contribution in [0.5, 0.6) is 5.75 Å². The molecule has 3 unspecified atom stereocenters. The lowest BCUT2D eigenvalue weighted by Gasteiger charge is -2.25. The maximum atomic E-state index is 5.36. The maximum absolute atomic E-state index is 5.36. The molecule has 2 nitrogen and oxygen atoms in total. The molecule has 0 amide bonds. The Bertz CT molecular complexity index is 463. The largest absolute Gasteiger partial charge is 0.495 e. The lowest BCUT2D eigenvalue weighted by Crippen LogP contribution is -2.26. The second-order valence-electron chi connectivity index (χ2n) is 5.39. The minimum absolute atomic E-state index is 0.644. The Balaban J connectivity index is 1.80. The minimum atomic E-state index is 0.644. The van der Waals surface area contributed by atoms with Crippen LogP contribution in [0.15, 0.2) is 21.1 Å². The molecule has 1 aromatic rings. The number of anilines is 1. The van der Waals surface area contributed by atoms with Gasteiger partial charge in [-0.15, -0.1) is 0 Å². The van der Waals surface area contributed by atoms with Crippen molar-refractivity contribution in [1.82, 2.24) is 0 Å². The lowest BCUT2D eigenvalue weighted by atomic mass is 9.95. The van der Waals surface area contributed by atoms with Gasteiger partial charge in [-0.1, -0.05) is 6.42 Å². The molecule has 4 heteroatoms. The molecule has 0 aromatic heterocycles. The van der Waals surface area contributed by atoms with Gasteiger partial charge in [0.25, 0.3) is 0 Å². The average molecular weight is 375 g/mol. The topological polar surface area (TPSA) is 21.3 Å². The Hall–Kier alpha value is -0.220. The van der Waals surface area contributed by atoms with E-state index in [0.717, 1.165) is 32.2 Å². The van der Waals surface area contributed by atoms with Crippen molar-refractivity contribution in [2.45, 2.75) is 31.7 Å². The van der Waals surface area contributed by atoms with Gasteiger partial charge in [-0.2, -0.15) is 0 Å². The van der Waals surface area contributed by atoms with Crippen molar-refractivity contribution < 1.29 is 4.74 Å². The summed E-state index contributed by atoms with van der Waals surface area (Å²) >= 11 is 7.13. The molecule has 98 valence electrons. The highest BCUT2D eigenvalue weighted by Gasteiger charge is 2.39. The van der Waals surface area contributed by atoms with Crippen LogP contribution in [0.25, 0.3) is 0 Å². The normalized spacial score (nSPS) is 29.6. The number of halogens is 2. The van der Waals surface area contributed by atoms with E-state index < -0.39 is 0 Å². The minimum Gasteiger partial charge on any atom is -0.495 e. The zero-order chi connectivity index (χ0) is 12.7. The fraction of sp³-hybridized carbons (Fsp3) is 0.571. The van der Waals surface area contributed by atoms with Crippen LogP contribution in [0.4, 0.5) is 5.69 Å². The van der Waals surface area contributed by atoms with Crippen LogP contribution in [0.1, 0.15) is 25.7 Å². The number of nitrogens with one attached hydrogen (secondary N) is 1. The summed E-state index contributed by atoms with van der Waals surface area (Å²) in [6.45, 7) is 0. The van der Waals surface area contributed by atoms with E-state index in [0.29, 0.717) is 6.04 Å². The average Bonchev–Trinajstić information content (AvgIpc) is 2.94. The number of rotatable bonds is 3. The van der Waals surface area contributed by atoms with Gasteiger partial charge in [0.05, 0.1) is 17.3 Å². The van der Waals surface area contributed by atoms with Crippen molar-refractivity contribution in [3.8, 4) is 5.75 Å². The van der Waals surface area contributed by atoms with Crippen molar-refractivity contribution in [1.29, 1.82) is 0 Å². The fourth-order valence-corrected chi connectivity index (χ4v) is 4.69. The number of benzene rings is 1. The summed E-state index contributed by atoms with van der Waals surface area (Å²) in [5.41, 5.74) is 1.15. The van der Waals surface area contributed by atoms with Crippen LogP contribution in [0.2, 0.25) is 0 Å². The van der Waals surface area contributed by atoms with Crippen LogP contribution < -0.4 is 10.1 Å². The number of fused-ring (bicyclic) bond motifs is 2. The molecule has 2 fully saturated rings. The first-order chi connectivity index (χ1) is 8.67. The quantitative estimate of drug-likeness (QED) is 0.818. The molecule has 18 heavy (non-hydrogen) atoms.